The Morgan fingerprint density at radius 1 is 1.30 bits per heavy atom. The molecule has 1 saturated heterocycles. The highest BCUT2D eigenvalue weighted by Crippen LogP contribution is 2.31. The third-order valence-corrected chi connectivity index (χ3v) is 3.98. The number of aliphatic hydroxyl groups is 1. The van der Waals surface area contributed by atoms with E-state index < -0.39 is 11.6 Å². The van der Waals surface area contributed by atoms with Crippen molar-refractivity contribution in [2.24, 2.45) is 5.73 Å². The molecule has 0 radical (unpaired) electrons. The first-order chi connectivity index (χ1) is 9.01. The lowest BCUT2D eigenvalue weighted by Gasteiger charge is -2.34. The molecule has 114 valence electrons. The molecule has 0 bridgehead atoms. The second-order valence-electron chi connectivity index (χ2n) is 5.49. The van der Waals surface area contributed by atoms with Crippen LogP contribution in [0.4, 0.5) is 0 Å². The Kier molecular flexibility index (Phi) is 6.05. The first kappa shape index (κ1) is 17.0. The largest absolute Gasteiger partial charge is 0.478 e. The van der Waals surface area contributed by atoms with E-state index in [1.54, 1.807) is 6.08 Å². The molecule has 1 fully saturated rings. The van der Waals surface area contributed by atoms with Gasteiger partial charge in [0.1, 0.15) is 5.60 Å². The van der Waals surface area contributed by atoms with Crippen molar-refractivity contribution in [2.45, 2.75) is 37.7 Å². The Bertz CT molecular complexity index is 417. The van der Waals surface area contributed by atoms with Gasteiger partial charge in [-0.1, -0.05) is 6.42 Å². The van der Waals surface area contributed by atoms with Crippen LogP contribution in [0.3, 0.4) is 0 Å². The summed E-state index contributed by atoms with van der Waals surface area (Å²) in [7, 11) is 0. The van der Waals surface area contributed by atoms with E-state index in [-0.39, 0.29) is 24.4 Å². The van der Waals surface area contributed by atoms with E-state index in [2.05, 4.69) is 4.90 Å². The fraction of sp³-hybridized carbons (Fsp3) is 0.643. The molecular weight excluding hydrogens is 280 g/mol. The molecule has 1 aliphatic heterocycles. The normalized spacial score (nSPS) is 27.2. The highest BCUT2D eigenvalue weighted by atomic mass is 35.5. The van der Waals surface area contributed by atoms with E-state index in [1.807, 2.05) is 0 Å². The summed E-state index contributed by atoms with van der Waals surface area (Å²) in [5.41, 5.74) is 4.99. The molecule has 1 atom stereocenters. The van der Waals surface area contributed by atoms with Crippen LogP contribution >= 0.6 is 12.4 Å². The molecule has 1 aliphatic carbocycles. The van der Waals surface area contributed by atoms with E-state index in [1.165, 1.54) is 25.3 Å². The number of rotatable bonds is 4. The highest BCUT2D eigenvalue weighted by molar-refractivity contribution is 5.89. The van der Waals surface area contributed by atoms with Crippen molar-refractivity contribution in [1.82, 2.24) is 4.90 Å². The number of carboxylic acids is 1. The Balaban J connectivity index is 0.00000200. The van der Waals surface area contributed by atoms with Gasteiger partial charge in [-0.15, -0.1) is 12.4 Å². The lowest BCUT2D eigenvalue weighted by molar-refractivity contribution is -0.135. The number of halogens is 1. The quantitative estimate of drug-likeness (QED) is 0.728. The minimum Gasteiger partial charge on any atom is -0.478 e. The maximum absolute atomic E-state index is 11.2. The molecular formula is C14H23ClN2O3. The number of piperidine rings is 1. The van der Waals surface area contributed by atoms with E-state index >= 15 is 0 Å². The van der Waals surface area contributed by atoms with Crippen molar-refractivity contribution in [3.8, 4) is 0 Å². The Hall–Kier alpha value is -1.04. The van der Waals surface area contributed by atoms with Gasteiger partial charge in [0.05, 0.1) is 5.57 Å². The number of carbonyl (C=O) groups is 1. The van der Waals surface area contributed by atoms with Crippen molar-refractivity contribution >= 4 is 18.4 Å². The van der Waals surface area contributed by atoms with E-state index in [9.17, 15) is 15.0 Å². The summed E-state index contributed by atoms with van der Waals surface area (Å²) < 4.78 is 0. The maximum atomic E-state index is 11.2. The Labute approximate surface area is 125 Å². The molecule has 5 nitrogen and oxygen atoms in total. The van der Waals surface area contributed by atoms with Crippen LogP contribution in [0.15, 0.2) is 23.4 Å². The molecule has 0 saturated carbocycles. The summed E-state index contributed by atoms with van der Waals surface area (Å²) in [5, 5.41) is 19.8. The fourth-order valence-corrected chi connectivity index (χ4v) is 2.86. The molecule has 6 heteroatoms. The van der Waals surface area contributed by atoms with Gasteiger partial charge in [0, 0.05) is 18.7 Å². The zero-order chi connectivity index (χ0) is 13.9. The van der Waals surface area contributed by atoms with Crippen LogP contribution in [0.25, 0.3) is 0 Å². The van der Waals surface area contributed by atoms with E-state index in [0.717, 1.165) is 13.1 Å². The standard InChI is InChI=1S/C14H22N2O3.ClH/c15-11-4-5-12(13(17)18)14(19,10-11)6-9-16-7-2-1-3-8-16;/h4-5,19H,1-3,6-10,15H2,(H,17,18);1H. The third kappa shape index (κ3) is 3.98. The van der Waals surface area contributed by atoms with Crippen molar-refractivity contribution < 1.29 is 15.0 Å². The Morgan fingerprint density at radius 2 is 1.95 bits per heavy atom. The summed E-state index contributed by atoms with van der Waals surface area (Å²) in [4.78, 5) is 13.5. The van der Waals surface area contributed by atoms with Gasteiger partial charge >= 0.3 is 5.97 Å². The number of allylic oxidation sites excluding steroid dienone is 2. The second-order valence-corrected chi connectivity index (χ2v) is 5.49. The summed E-state index contributed by atoms with van der Waals surface area (Å²) in [6, 6.07) is 0. The molecule has 2 rings (SSSR count). The van der Waals surface area contributed by atoms with Gasteiger partial charge in [-0.3, -0.25) is 0 Å². The Morgan fingerprint density at radius 3 is 2.55 bits per heavy atom. The van der Waals surface area contributed by atoms with Crippen LogP contribution in [0, 0.1) is 0 Å². The van der Waals surface area contributed by atoms with Crippen molar-refractivity contribution in [3.63, 3.8) is 0 Å². The predicted octanol–water partition coefficient (Wildman–Crippen LogP) is 1.27. The molecule has 2 aliphatic rings. The zero-order valence-electron chi connectivity index (χ0n) is 11.5. The van der Waals surface area contributed by atoms with Gasteiger partial charge < -0.3 is 20.8 Å². The van der Waals surface area contributed by atoms with Crippen LogP contribution in [-0.2, 0) is 4.79 Å². The number of aliphatic carboxylic acids is 1. The van der Waals surface area contributed by atoms with Gasteiger partial charge in [0.15, 0.2) is 0 Å². The minimum atomic E-state index is -1.33. The minimum absolute atomic E-state index is 0. The second kappa shape index (κ2) is 7.11. The number of hydrogen-bond acceptors (Lipinski definition) is 4. The molecule has 0 aromatic rings. The number of nitrogens with two attached hydrogens (primary N) is 1. The predicted molar refractivity (Wildman–Crippen MR) is 79.7 cm³/mol. The summed E-state index contributed by atoms with van der Waals surface area (Å²) in [6.45, 7) is 2.79. The van der Waals surface area contributed by atoms with Crippen LogP contribution in [0.2, 0.25) is 0 Å². The van der Waals surface area contributed by atoms with Crippen molar-refractivity contribution in [2.75, 3.05) is 19.6 Å². The summed E-state index contributed by atoms with van der Waals surface area (Å²) >= 11 is 0. The lowest BCUT2D eigenvalue weighted by atomic mass is 9.82. The van der Waals surface area contributed by atoms with Crippen LogP contribution in [0.5, 0.6) is 0 Å². The SMILES string of the molecule is Cl.NC1=CC=C(C(=O)O)C(O)(CCN2CCCCC2)C1. The smallest absolute Gasteiger partial charge is 0.334 e. The monoisotopic (exact) mass is 302 g/mol. The van der Waals surface area contributed by atoms with Crippen LogP contribution in [0.1, 0.15) is 32.1 Å². The molecule has 0 aromatic heterocycles. The van der Waals surface area contributed by atoms with Gasteiger partial charge in [-0.2, -0.15) is 0 Å². The van der Waals surface area contributed by atoms with Gasteiger partial charge in [-0.05, 0) is 44.5 Å². The third-order valence-electron chi connectivity index (χ3n) is 3.98. The van der Waals surface area contributed by atoms with E-state index in [4.69, 9.17) is 5.73 Å². The van der Waals surface area contributed by atoms with E-state index in [0.29, 0.717) is 18.7 Å². The first-order valence-corrected chi connectivity index (χ1v) is 6.86. The zero-order valence-corrected chi connectivity index (χ0v) is 12.4. The van der Waals surface area contributed by atoms with Gasteiger partial charge in [0.25, 0.3) is 0 Å². The van der Waals surface area contributed by atoms with Gasteiger partial charge in [0.2, 0.25) is 0 Å². The maximum Gasteiger partial charge on any atom is 0.334 e. The van der Waals surface area contributed by atoms with Crippen molar-refractivity contribution in [3.05, 3.63) is 23.4 Å². The topological polar surface area (TPSA) is 86.8 Å². The van der Waals surface area contributed by atoms with Crippen molar-refractivity contribution in [1.29, 1.82) is 0 Å². The number of hydrogen-bond donors (Lipinski definition) is 3. The number of carboxylic acid groups (broad SMARTS) is 1. The summed E-state index contributed by atoms with van der Waals surface area (Å²) in [6.07, 6.45) is 7.25. The van der Waals surface area contributed by atoms with Crippen LogP contribution < -0.4 is 5.73 Å². The average molecular weight is 303 g/mol. The molecule has 0 aromatic carbocycles. The molecule has 1 heterocycles. The number of nitrogens with zero attached hydrogens (tertiary/aromatic N) is 1. The molecule has 0 spiro atoms. The van der Waals surface area contributed by atoms with Gasteiger partial charge in [-0.25, -0.2) is 4.79 Å². The first-order valence-electron chi connectivity index (χ1n) is 6.86. The molecule has 20 heavy (non-hydrogen) atoms. The lowest BCUT2D eigenvalue weighted by Crippen LogP contribution is -2.42. The van der Waals surface area contributed by atoms with Crippen LogP contribution in [-0.4, -0.2) is 46.3 Å². The molecule has 4 N–H and O–H groups in total. The molecule has 0 amide bonds. The molecule has 1 unspecified atom stereocenters. The number of likely N-dealkylation sites (tertiary alicyclic amines) is 1. The highest BCUT2D eigenvalue weighted by Gasteiger charge is 2.38. The fourth-order valence-electron chi connectivity index (χ4n) is 2.86. The summed E-state index contributed by atoms with van der Waals surface area (Å²) in [5.74, 6) is -1.06. The average Bonchev–Trinajstić information content (AvgIpc) is 2.37.